The number of aromatic hydroxyl groups is 1. The molecule has 0 bridgehead atoms. The largest absolute Gasteiger partial charge is 0.505 e. The number of likely N-dealkylation sites (tertiary alicyclic amines) is 1. The fraction of sp³-hybridized carbons (Fsp3) is 0.333. The van der Waals surface area contributed by atoms with E-state index >= 15 is 0 Å². The summed E-state index contributed by atoms with van der Waals surface area (Å²) >= 11 is 0. The van der Waals surface area contributed by atoms with Gasteiger partial charge >= 0.3 is 0 Å². The van der Waals surface area contributed by atoms with Crippen LogP contribution in [0.5, 0.6) is 11.5 Å². The first-order chi connectivity index (χ1) is 14.2. The van der Waals surface area contributed by atoms with Crippen LogP contribution in [0.25, 0.3) is 22.0 Å². The molecule has 1 N–H and O–H groups in total. The number of phenols is 1. The van der Waals surface area contributed by atoms with Crippen molar-refractivity contribution < 1.29 is 14.6 Å². The third-order valence-corrected chi connectivity index (χ3v) is 5.90. The molecule has 148 valence electrons. The lowest BCUT2D eigenvalue weighted by Gasteiger charge is -2.32. The molecule has 29 heavy (non-hydrogen) atoms. The number of carbonyl (C=O) groups excluding carboxylic acids is 1. The number of hydrogen-bond acceptors (Lipinski definition) is 4. The molecule has 1 aliphatic heterocycles. The van der Waals surface area contributed by atoms with Crippen molar-refractivity contribution in [3.63, 3.8) is 0 Å². The highest BCUT2D eigenvalue weighted by atomic mass is 16.5. The van der Waals surface area contributed by atoms with Gasteiger partial charge in [-0.3, -0.25) is 9.78 Å². The maximum Gasteiger partial charge on any atom is 0.225 e. The molecule has 3 aromatic rings. The van der Waals surface area contributed by atoms with E-state index < -0.39 is 0 Å². The zero-order valence-corrected chi connectivity index (χ0v) is 16.3. The summed E-state index contributed by atoms with van der Waals surface area (Å²) in [6.07, 6.45) is 5.69. The van der Waals surface area contributed by atoms with Gasteiger partial charge < -0.3 is 14.7 Å². The van der Waals surface area contributed by atoms with E-state index in [9.17, 15) is 9.90 Å². The van der Waals surface area contributed by atoms with Crippen LogP contribution in [0.2, 0.25) is 0 Å². The number of rotatable bonds is 4. The lowest BCUT2D eigenvalue weighted by Crippen LogP contribution is -2.42. The normalized spacial score (nSPS) is 17.4. The Morgan fingerprint density at radius 1 is 1.00 bits per heavy atom. The fourth-order valence-electron chi connectivity index (χ4n) is 4.05. The summed E-state index contributed by atoms with van der Waals surface area (Å²) in [4.78, 5) is 18.5. The number of nitrogens with zero attached hydrogens (tertiary/aromatic N) is 2. The molecule has 0 spiro atoms. The van der Waals surface area contributed by atoms with Crippen LogP contribution in [0.1, 0.15) is 25.7 Å². The highest BCUT2D eigenvalue weighted by Crippen LogP contribution is 2.36. The van der Waals surface area contributed by atoms with Gasteiger partial charge in [0.2, 0.25) is 5.91 Å². The van der Waals surface area contributed by atoms with Crippen molar-refractivity contribution >= 4 is 16.8 Å². The standard InChI is InChI=1S/C24H24N2O3/c27-23-21(10-7-17-2-1-13-25-22(17)23)16-5-8-19(9-6-16)29-20-11-14-26(15-12-20)24(28)18-3-4-18/h1-2,5-10,13,18,20,27H,3-4,11-12,14-15H2. The van der Waals surface area contributed by atoms with E-state index in [1.807, 2.05) is 53.4 Å². The lowest BCUT2D eigenvalue weighted by atomic mass is 10.0. The second-order valence-electron chi connectivity index (χ2n) is 7.98. The van der Waals surface area contributed by atoms with Gasteiger partial charge in [0.15, 0.2) is 0 Å². The summed E-state index contributed by atoms with van der Waals surface area (Å²) in [6, 6.07) is 15.5. The summed E-state index contributed by atoms with van der Waals surface area (Å²) in [5.74, 6) is 1.64. The molecule has 1 aromatic heterocycles. The van der Waals surface area contributed by atoms with Gasteiger partial charge in [-0.1, -0.05) is 24.3 Å². The van der Waals surface area contributed by atoms with E-state index in [0.29, 0.717) is 17.3 Å². The molecular weight excluding hydrogens is 364 g/mol. The van der Waals surface area contributed by atoms with Crippen LogP contribution in [-0.2, 0) is 4.79 Å². The number of amides is 1. The van der Waals surface area contributed by atoms with E-state index in [-0.39, 0.29) is 11.9 Å². The Morgan fingerprint density at radius 3 is 2.48 bits per heavy atom. The number of piperidine rings is 1. The average molecular weight is 388 g/mol. The fourth-order valence-corrected chi connectivity index (χ4v) is 4.05. The van der Waals surface area contributed by atoms with Gasteiger partial charge in [-0.05, 0) is 42.7 Å². The second kappa shape index (κ2) is 7.39. The van der Waals surface area contributed by atoms with Gasteiger partial charge in [-0.25, -0.2) is 0 Å². The quantitative estimate of drug-likeness (QED) is 0.720. The van der Waals surface area contributed by atoms with E-state index in [1.165, 1.54) is 0 Å². The molecule has 1 amide bonds. The Kier molecular flexibility index (Phi) is 4.58. The first-order valence-corrected chi connectivity index (χ1v) is 10.3. The Morgan fingerprint density at radius 2 is 1.76 bits per heavy atom. The third-order valence-electron chi connectivity index (χ3n) is 5.90. The molecule has 5 nitrogen and oxygen atoms in total. The molecule has 2 aliphatic rings. The van der Waals surface area contributed by atoms with Gasteiger partial charge in [0.05, 0.1) is 0 Å². The van der Waals surface area contributed by atoms with Gasteiger partial charge in [0.25, 0.3) is 0 Å². The van der Waals surface area contributed by atoms with Crippen LogP contribution in [0.15, 0.2) is 54.7 Å². The summed E-state index contributed by atoms with van der Waals surface area (Å²) in [5, 5.41) is 11.5. The van der Waals surface area contributed by atoms with Crippen molar-refractivity contribution in [2.45, 2.75) is 31.8 Å². The monoisotopic (exact) mass is 388 g/mol. The summed E-state index contributed by atoms with van der Waals surface area (Å²) in [7, 11) is 0. The maximum atomic E-state index is 12.2. The Hall–Kier alpha value is -3.08. The van der Waals surface area contributed by atoms with Gasteiger partial charge in [0.1, 0.15) is 23.1 Å². The Balaban J connectivity index is 1.25. The number of ether oxygens (including phenoxy) is 1. The molecule has 0 radical (unpaired) electrons. The number of benzene rings is 2. The molecule has 0 atom stereocenters. The van der Waals surface area contributed by atoms with Gasteiger partial charge in [-0.15, -0.1) is 0 Å². The van der Waals surface area contributed by atoms with E-state index in [4.69, 9.17) is 4.74 Å². The smallest absolute Gasteiger partial charge is 0.225 e. The summed E-state index contributed by atoms with van der Waals surface area (Å²) < 4.78 is 6.14. The van der Waals surface area contributed by atoms with E-state index in [0.717, 1.165) is 61.0 Å². The SMILES string of the molecule is O=C(C1CC1)N1CCC(Oc2ccc(-c3ccc4cccnc4c3O)cc2)CC1. The van der Waals surface area contributed by atoms with Crippen LogP contribution in [0.3, 0.4) is 0 Å². The molecule has 1 saturated heterocycles. The minimum absolute atomic E-state index is 0.141. The minimum Gasteiger partial charge on any atom is -0.505 e. The molecule has 0 unspecified atom stereocenters. The maximum absolute atomic E-state index is 12.2. The predicted octanol–water partition coefficient (Wildman–Crippen LogP) is 4.39. The number of pyridine rings is 1. The number of hydrogen-bond donors (Lipinski definition) is 1. The lowest BCUT2D eigenvalue weighted by molar-refractivity contribution is -0.134. The molecule has 5 heteroatoms. The Labute approximate surface area is 169 Å². The van der Waals surface area contributed by atoms with Crippen molar-refractivity contribution in [1.82, 2.24) is 9.88 Å². The van der Waals surface area contributed by atoms with Crippen LogP contribution < -0.4 is 4.74 Å². The topological polar surface area (TPSA) is 62.7 Å². The third kappa shape index (κ3) is 3.65. The number of aromatic nitrogens is 1. The van der Waals surface area contributed by atoms with E-state index in [1.54, 1.807) is 6.20 Å². The number of phenolic OH excluding ortho intramolecular Hbond substituents is 1. The zero-order chi connectivity index (χ0) is 19.8. The first-order valence-electron chi connectivity index (χ1n) is 10.3. The second-order valence-corrected chi connectivity index (χ2v) is 7.98. The molecule has 5 rings (SSSR count). The van der Waals surface area contributed by atoms with Crippen LogP contribution in [0, 0.1) is 5.92 Å². The molecule has 2 heterocycles. The van der Waals surface area contributed by atoms with Crippen molar-refractivity contribution in [3.05, 3.63) is 54.7 Å². The number of fused-ring (bicyclic) bond motifs is 1. The van der Waals surface area contributed by atoms with Gasteiger partial charge in [-0.2, -0.15) is 0 Å². The van der Waals surface area contributed by atoms with Crippen LogP contribution >= 0.6 is 0 Å². The summed E-state index contributed by atoms with van der Waals surface area (Å²) in [6.45, 7) is 1.58. The molecule has 2 fully saturated rings. The molecule has 1 saturated carbocycles. The van der Waals surface area contributed by atoms with Gasteiger partial charge in [0, 0.05) is 49.0 Å². The van der Waals surface area contributed by atoms with Crippen molar-refractivity contribution in [3.8, 4) is 22.6 Å². The predicted molar refractivity (Wildman–Crippen MR) is 112 cm³/mol. The van der Waals surface area contributed by atoms with Crippen molar-refractivity contribution in [2.75, 3.05) is 13.1 Å². The highest BCUT2D eigenvalue weighted by molar-refractivity contribution is 5.91. The molecule has 2 aromatic carbocycles. The molecular formula is C24H24N2O3. The minimum atomic E-state index is 0.141. The highest BCUT2D eigenvalue weighted by Gasteiger charge is 2.35. The van der Waals surface area contributed by atoms with E-state index in [2.05, 4.69) is 4.98 Å². The average Bonchev–Trinajstić information content (AvgIpc) is 3.61. The van der Waals surface area contributed by atoms with Crippen LogP contribution in [0.4, 0.5) is 0 Å². The molecule has 1 aliphatic carbocycles. The summed E-state index contributed by atoms with van der Waals surface area (Å²) in [5.41, 5.74) is 2.29. The van der Waals surface area contributed by atoms with Crippen molar-refractivity contribution in [1.29, 1.82) is 0 Å². The van der Waals surface area contributed by atoms with Crippen LogP contribution in [-0.4, -0.2) is 40.1 Å². The Bertz CT molecular complexity index is 1040. The zero-order valence-electron chi connectivity index (χ0n) is 16.3. The number of carbonyl (C=O) groups is 1. The van der Waals surface area contributed by atoms with Crippen molar-refractivity contribution in [2.24, 2.45) is 5.92 Å². The first kappa shape index (κ1) is 18.0.